The molecular weight excluding hydrogens is 234 g/mol. The number of nitrogens with two attached hydrogens (primary N) is 1. The van der Waals surface area contributed by atoms with Crippen LogP contribution in [-0.2, 0) is 0 Å². The second kappa shape index (κ2) is 7.61. The van der Waals surface area contributed by atoms with Crippen molar-refractivity contribution in [3.63, 3.8) is 0 Å². The van der Waals surface area contributed by atoms with Crippen LogP contribution >= 0.6 is 0 Å². The molecule has 0 bridgehead atoms. The third-order valence-corrected chi connectivity index (χ3v) is 5.09. The highest BCUT2D eigenvalue weighted by Crippen LogP contribution is 2.30. The molecule has 1 aliphatic heterocycles. The molecule has 2 fully saturated rings. The summed E-state index contributed by atoms with van der Waals surface area (Å²) in [6, 6.07) is 1.08. The van der Waals surface area contributed by atoms with E-state index in [1.165, 1.54) is 71.2 Å². The van der Waals surface area contributed by atoms with Crippen LogP contribution in [0.5, 0.6) is 0 Å². The zero-order chi connectivity index (χ0) is 13.7. The van der Waals surface area contributed by atoms with Gasteiger partial charge in [0.05, 0.1) is 0 Å². The lowest BCUT2D eigenvalue weighted by Crippen LogP contribution is -2.57. The van der Waals surface area contributed by atoms with Crippen LogP contribution in [-0.4, -0.2) is 54.6 Å². The molecule has 1 heterocycles. The van der Waals surface area contributed by atoms with Gasteiger partial charge in [-0.2, -0.15) is 0 Å². The molecule has 3 nitrogen and oxygen atoms in total. The maximum atomic E-state index is 6.41. The van der Waals surface area contributed by atoms with Gasteiger partial charge in [-0.1, -0.05) is 26.7 Å². The molecule has 0 amide bonds. The van der Waals surface area contributed by atoms with E-state index in [1.807, 2.05) is 0 Å². The molecule has 1 saturated carbocycles. The first kappa shape index (κ1) is 15.3. The summed E-state index contributed by atoms with van der Waals surface area (Å²) in [6.45, 7) is 10.8. The SMILES string of the molecule is CCCC1CCC(N)C(N2CCN(CCC)CC2)C1. The first-order chi connectivity index (χ1) is 9.24. The van der Waals surface area contributed by atoms with Crippen LogP contribution in [0.3, 0.4) is 0 Å². The third kappa shape index (κ3) is 4.17. The summed E-state index contributed by atoms with van der Waals surface area (Å²) in [5, 5.41) is 0. The lowest BCUT2D eigenvalue weighted by Gasteiger charge is -2.45. The summed E-state index contributed by atoms with van der Waals surface area (Å²) in [7, 11) is 0. The minimum absolute atomic E-state index is 0.422. The third-order valence-electron chi connectivity index (χ3n) is 5.09. The van der Waals surface area contributed by atoms with Crippen LogP contribution in [0.1, 0.15) is 52.4 Å². The van der Waals surface area contributed by atoms with E-state index < -0.39 is 0 Å². The molecule has 0 aromatic heterocycles. The van der Waals surface area contributed by atoms with Crippen LogP contribution in [0.25, 0.3) is 0 Å². The Kier molecular flexibility index (Phi) is 6.11. The first-order valence-electron chi connectivity index (χ1n) is 8.46. The molecule has 2 N–H and O–H groups in total. The van der Waals surface area contributed by atoms with Crippen molar-refractivity contribution < 1.29 is 0 Å². The van der Waals surface area contributed by atoms with Gasteiger partial charge in [0.15, 0.2) is 0 Å². The summed E-state index contributed by atoms with van der Waals surface area (Å²) in [6.07, 6.45) is 7.96. The Morgan fingerprint density at radius 2 is 1.74 bits per heavy atom. The van der Waals surface area contributed by atoms with Crippen molar-refractivity contribution >= 4 is 0 Å². The smallest absolute Gasteiger partial charge is 0.0250 e. The van der Waals surface area contributed by atoms with Gasteiger partial charge in [-0.05, 0) is 38.1 Å². The van der Waals surface area contributed by atoms with Crippen LogP contribution in [0.2, 0.25) is 0 Å². The Morgan fingerprint density at radius 3 is 2.37 bits per heavy atom. The summed E-state index contributed by atoms with van der Waals surface area (Å²) >= 11 is 0. The number of hydrogen-bond donors (Lipinski definition) is 1. The summed E-state index contributed by atoms with van der Waals surface area (Å²) in [5.41, 5.74) is 6.41. The van der Waals surface area contributed by atoms with E-state index >= 15 is 0 Å². The molecule has 0 spiro atoms. The maximum Gasteiger partial charge on any atom is 0.0250 e. The highest BCUT2D eigenvalue weighted by atomic mass is 15.3. The first-order valence-corrected chi connectivity index (χ1v) is 8.46. The van der Waals surface area contributed by atoms with E-state index in [4.69, 9.17) is 5.73 Å². The average molecular weight is 267 g/mol. The standard InChI is InChI=1S/C16H33N3/c1-3-5-14-6-7-15(17)16(13-14)19-11-9-18(8-4-2)10-12-19/h14-16H,3-13,17H2,1-2H3. The van der Waals surface area contributed by atoms with Crippen molar-refractivity contribution in [1.82, 2.24) is 9.80 Å². The van der Waals surface area contributed by atoms with Crippen molar-refractivity contribution in [3.05, 3.63) is 0 Å². The molecule has 2 rings (SSSR count). The van der Waals surface area contributed by atoms with E-state index in [0.29, 0.717) is 12.1 Å². The molecule has 3 unspecified atom stereocenters. The highest BCUT2D eigenvalue weighted by Gasteiger charge is 2.33. The molecule has 2 aliphatic rings. The molecular formula is C16H33N3. The van der Waals surface area contributed by atoms with E-state index in [-0.39, 0.29) is 0 Å². The second-order valence-corrected chi connectivity index (χ2v) is 6.58. The van der Waals surface area contributed by atoms with Crippen molar-refractivity contribution in [2.45, 2.75) is 64.5 Å². The van der Waals surface area contributed by atoms with E-state index in [9.17, 15) is 0 Å². The van der Waals surface area contributed by atoms with Gasteiger partial charge in [0.25, 0.3) is 0 Å². The molecule has 3 heteroatoms. The molecule has 0 aromatic rings. The Hall–Kier alpha value is -0.120. The monoisotopic (exact) mass is 267 g/mol. The normalized spacial score (nSPS) is 34.6. The zero-order valence-corrected chi connectivity index (χ0v) is 13.0. The number of hydrogen-bond acceptors (Lipinski definition) is 3. The van der Waals surface area contributed by atoms with Crippen molar-refractivity contribution in [1.29, 1.82) is 0 Å². The predicted molar refractivity (Wildman–Crippen MR) is 82.3 cm³/mol. The fourth-order valence-electron chi connectivity index (χ4n) is 3.98. The lowest BCUT2D eigenvalue weighted by atomic mass is 9.79. The molecule has 1 saturated heterocycles. The van der Waals surface area contributed by atoms with E-state index in [0.717, 1.165) is 5.92 Å². The van der Waals surface area contributed by atoms with Crippen molar-refractivity contribution in [2.75, 3.05) is 32.7 Å². The minimum Gasteiger partial charge on any atom is -0.326 e. The fraction of sp³-hybridized carbons (Fsp3) is 1.00. The molecule has 1 aliphatic carbocycles. The van der Waals surface area contributed by atoms with Gasteiger partial charge < -0.3 is 10.6 Å². The number of rotatable bonds is 5. The van der Waals surface area contributed by atoms with Crippen LogP contribution in [0.15, 0.2) is 0 Å². The van der Waals surface area contributed by atoms with Gasteiger partial charge >= 0.3 is 0 Å². The highest BCUT2D eigenvalue weighted by molar-refractivity contribution is 4.91. The topological polar surface area (TPSA) is 32.5 Å². The van der Waals surface area contributed by atoms with Gasteiger partial charge in [-0.25, -0.2) is 0 Å². The Bertz CT molecular complexity index is 248. The van der Waals surface area contributed by atoms with E-state index in [1.54, 1.807) is 0 Å². The van der Waals surface area contributed by atoms with Gasteiger partial charge in [-0.3, -0.25) is 4.90 Å². The van der Waals surface area contributed by atoms with Crippen LogP contribution < -0.4 is 5.73 Å². The van der Waals surface area contributed by atoms with Crippen molar-refractivity contribution in [2.24, 2.45) is 11.7 Å². The maximum absolute atomic E-state index is 6.41. The Labute approximate surface area is 119 Å². The lowest BCUT2D eigenvalue weighted by molar-refractivity contribution is 0.0551. The van der Waals surface area contributed by atoms with Crippen LogP contribution in [0, 0.1) is 5.92 Å². The summed E-state index contributed by atoms with van der Waals surface area (Å²) < 4.78 is 0. The molecule has 0 radical (unpaired) electrons. The molecule has 0 aromatic carbocycles. The molecule has 112 valence electrons. The minimum atomic E-state index is 0.422. The Balaban J connectivity index is 1.82. The quantitative estimate of drug-likeness (QED) is 0.829. The summed E-state index contributed by atoms with van der Waals surface area (Å²) in [5.74, 6) is 0.934. The van der Waals surface area contributed by atoms with Gasteiger partial charge in [0.2, 0.25) is 0 Å². The van der Waals surface area contributed by atoms with Crippen molar-refractivity contribution in [3.8, 4) is 0 Å². The average Bonchev–Trinajstić information content (AvgIpc) is 2.43. The van der Waals surface area contributed by atoms with Crippen LogP contribution in [0.4, 0.5) is 0 Å². The fourth-order valence-corrected chi connectivity index (χ4v) is 3.98. The van der Waals surface area contributed by atoms with Gasteiger partial charge in [-0.15, -0.1) is 0 Å². The van der Waals surface area contributed by atoms with E-state index in [2.05, 4.69) is 23.6 Å². The predicted octanol–water partition coefficient (Wildman–Crippen LogP) is 2.31. The van der Waals surface area contributed by atoms with Gasteiger partial charge in [0, 0.05) is 38.3 Å². The number of piperazine rings is 1. The largest absolute Gasteiger partial charge is 0.326 e. The summed E-state index contributed by atoms with van der Waals surface area (Å²) in [4.78, 5) is 5.30. The Morgan fingerprint density at radius 1 is 1.00 bits per heavy atom. The number of nitrogens with zero attached hydrogens (tertiary/aromatic N) is 2. The van der Waals surface area contributed by atoms with Gasteiger partial charge in [0.1, 0.15) is 0 Å². The zero-order valence-electron chi connectivity index (χ0n) is 13.0. The molecule has 3 atom stereocenters. The second-order valence-electron chi connectivity index (χ2n) is 6.58. The molecule has 19 heavy (non-hydrogen) atoms.